The summed E-state index contributed by atoms with van der Waals surface area (Å²) in [5.74, 6) is 0.0154. The summed E-state index contributed by atoms with van der Waals surface area (Å²) in [6, 6.07) is 0. The minimum Gasteiger partial charge on any atom is -0.480 e. The molecule has 0 saturated carbocycles. The normalized spacial score (nSPS) is 19.8. The van der Waals surface area contributed by atoms with Crippen molar-refractivity contribution in [2.45, 2.75) is 38.6 Å². The SMILES string of the molecule is CN1CCC(CCN(C)C(C)(C)C(=O)O)CC1. The molecule has 1 rings (SSSR count). The first-order chi connectivity index (χ1) is 7.84. The Morgan fingerprint density at radius 1 is 1.41 bits per heavy atom. The molecule has 4 nitrogen and oxygen atoms in total. The predicted octanol–water partition coefficient (Wildman–Crippen LogP) is 1.51. The van der Waals surface area contributed by atoms with Crippen LogP contribution in [0.25, 0.3) is 0 Å². The molecule has 0 atom stereocenters. The fourth-order valence-electron chi connectivity index (χ4n) is 2.17. The zero-order chi connectivity index (χ0) is 13.1. The second-order valence-electron chi connectivity index (χ2n) is 5.82. The number of carboxylic acid groups (broad SMARTS) is 1. The van der Waals surface area contributed by atoms with E-state index in [4.69, 9.17) is 5.11 Å². The van der Waals surface area contributed by atoms with Gasteiger partial charge < -0.3 is 10.0 Å². The number of rotatable bonds is 5. The lowest BCUT2D eigenvalue weighted by molar-refractivity contribution is -0.148. The van der Waals surface area contributed by atoms with Crippen molar-refractivity contribution < 1.29 is 9.90 Å². The molecule has 17 heavy (non-hydrogen) atoms. The van der Waals surface area contributed by atoms with Gasteiger partial charge in [0.15, 0.2) is 0 Å². The van der Waals surface area contributed by atoms with Crippen LogP contribution in [0.3, 0.4) is 0 Å². The zero-order valence-electron chi connectivity index (χ0n) is 11.6. The first-order valence-corrected chi connectivity index (χ1v) is 6.47. The molecule has 1 fully saturated rings. The maximum Gasteiger partial charge on any atom is 0.323 e. The van der Waals surface area contributed by atoms with E-state index in [0.29, 0.717) is 0 Å². The van der Waals surface area contributed by atoms with Gasteiger partial charge in [0.2, 0.25) is 0 Å². The molecule has 0 amide bonds. The van der Waals surface area contributed by atoms with Crippen LogP contribution in [0.15, 0.2) is 0 Å². The second-order valence-corrected chi connectivity index (χ2v) is 5.82. The third-order valence-electron chi connectivity index (χ3n) is 4.19. The Morgan fingerprint density at radius 2 is 1.94 bits per heavy atom. The summed E-state index contributed by atoms with van der Waals surface area (Å²) < 4.78 is 0. The van der Waals surface area contributed by atoms with Crippen LogP contribution in [0.1, 0.15) is 33.1 Å². The van der Waals surface area contributed by atoms with Gasteiger partial charge in [-0.25, -0.2) is 0 Å². The number of nitrogens with zero attached hydrogens (tertiary/aromatic N) is 2. The number of piperidine rings is 1. The van der Waals surface area contributed by atoms with Crippen molar-refractivity contribution in [2.24, 2.45) is 5.92 Å². The van der Waals surface area contributed by atoms with Gasteiger partial charge in [0.05, 0.1) is 0 Å². The van der Waals surface area contributed by atoms with Crippen molar-refractivity contribution in [3.63, 3.8) is 0 Å². The predicted molar refractivity (Wildman–Crippen MR) is 69.2 cm³/mol. The Hall–Kier alpha value is -0.610. The van der Waals surface area contributed by atoms with Crippen LogP contribution >= 0.6 is 0 Å². The van der Waals surface area contributed by atoms with Gasteiger partial charge >= 0.3 is 5.97 Å². The Labute approximate surface area is 105 Å². The highest BCUT2D eigenvalue weighted by Gasteiger charge is 2.32. The van der Waals surface area contributed by atoms with E-state index >= 15 is 0 Å². The highest BCUT2D eigenvalue weighted by atomic mass is 16.4. The van der Waals surface area contributed by atoms with Crippen molar-refractivity contribution in [1.82, 2.24) is 9.80 Å². The molecule has 1 aliphatic rings. The highest BCUT2D eigenvalue weighted by Crippen LogP contribution is 2.21. The Balaban J connectivity index is 2.33. The van der Waals surface area contributed by atoms with E-state index in [1.165, 1.54) is 25.9 Å². The molecule has 4 heteroatoms. The Kier molecular flexibility index (Phi) is 4.95. The molecule has 0 aromatic heterocycles. The smallest absolute Gasteiger partial charge is 0.323 e. The highest BCUT2D eigenvalue weighted by molar-refractivity contribution is 5.77. The zero-order valence-corrected chi connectivity index (χ0v) is 11.6. The van der Waals surface area contributed by atoms with Gasteiger partial charge in [-0.05, 0) is 72.8 Å². The van der Waals surface area contributed by atoms with E-state index in [0.717, 1.165) is 18.9 Å². The van der Waals surface area contributed by atoms with Crippen molar-refractivity contribution in [3.8, 4) is 0 Å². The van der Waals surface area contributed by atoms with E-state index in [9.17, 15) is 4.79 Å². The fourth-order valence-corrected chi connectivity index (χ4v) is 2.17. The second kappa shape index (κ2) is 5.83. The van der Waals surface area contributed by atoms with Gasteiger partial charge in [-0.1, -0.05) is 0 Å². The summed E-state index contributed by atoms with van der Waals surface area (Å²) >= 11 is 0. The number of hydrogen-bond donors (Lipinski definition) is 1. The van der Waals surface area contributed by atoms with Crippen molar-refractivity contribution in [3.05, 3.63) is 0 Å². The van der Waals surface area contributed by atoms with Gasteiger partial charge in [0, 0.05) is 0 Å². The Bertz CT molecular complexity index is 258. The summed E-state index contributed by atoms with van der Waals surface area (Å²) in [6.07, 6.45) is 3.61. The molecular weight excluding hydrogens is 216 g/mol. The third kappa shape index (κ3) is 3.96. The molecule has 0 aromatic carbocycles. The maximum atomic E-state index is 11.1. The quantitative estimate of drug-likeness (QED) is 0.794. The lowest BCUT2D eigenvalue weighted by atomic mass is 9.93. The van der Waals surface area contributed by atoms with Crippen molar-refractivity contribution in [2.75, 3.05) is 33.7 Å². The molecule has 0 unspecified atom stereocenters. The van der Waals surface area contributed by atoms with Gasteiger partial charge in [0.1, 0.15) is 5.54 Å². The largest absolute Gasteiger partial charge is 0.480 e. The topological polar surface area (TPSA) is 43.8 Å². The van der Waals surface area contributed by atoms with Crippen molar-refractivity contribution in [1.29, 1.82) is 0 Å². The number of hydrogen-bond acceptors (Lipinski definition) is 3. The molecule has 1 aliphatic heterocycles. The van der Waals surface area contributed by atoms with Gasteiger partial charge in [-0.2, -0.15) is 0 Å². The van der Waals surface area contributed by atoms with Gasteiger partial charge in [0.25, 0.3) is 0 Å². The Morgan fingerprint density at radius 3 is 2.41 bits per heavy atom. The molecule has 100 valence electrons. The van der Waals surface area contributed by atoms with Crippen LogP contribution in [0.5, 0.6) is 0 Å². The number of likely N-dealkylation sites (N-methyl/N-ethyl adjacent to an activating group) is 1. The molecule has 1 N–H and O–H groups in total. The molecule has 0 radical (unpaired) electrons. The molecule has 1 heterocycles. The molecule has 0 spiro atoms. The summed E-state index contributed by atoms with van der Waals surface area (Å²) in [4.78, 5) is 15.4. The average molecular weight is 242 g/mol. The monoisotopic (exact) mass is 242 g/mol. The number of likely N-dealkylation sites (tertiary alicyclic amines) is 1. The van der Waals surface area contributed by atoms with Gasteiger partial charge in [-0.3, -0.25) is 9.69 Å². The molecule has 0 bridgehead atoms. The van der Waals surface area contributed by atoms with Crippen LogP contribution in [0.4, 0.5) is 0 Å². The minimum atomic E-state index is -0.758. The fraction of sp³-hybridized carbons (Fsp3) is 0.923. The first kappa shape index (κ1) is 14.5. The average Bonchev–Trinajstić information content (AvgIpc) is 2.27. The van der Waals surface area contributed by atoms with Crippen LogP contribution < -0.4 is 0 Å². The van der Waals surface area contributed by atoms with Gasteiger partial charge in [-0.15, -0.1) is 0 Å². The summed E-state index contributed by atoms with van der Waals surface area (Å²) in [5, 5.41) is 9.14. The number of carbonyl (C=O) groups is 1. The van der Waals surface area contributed by atoms with Crippen LogP contribution in [-0.4, -0.2) is 60.1 Å². The van der Waals surface area contributed by atoms with E-state index < -0.39 is 11.5 Å². The molecule has 0 aliphatic carbocycles. The van der Waals surface area contributed by atoms with Crippen molar-refractivity contribution >= 4 is 5.97 Å². The molecule has 0 aromatic rings. The molecule has 1 saturated heterocycles. The van der Waals surface area contributed by atoms with E-state index in [1.807, 2.05) is 11.9 Å². The standard InChI is InChI=1S/C13H26N2O2/c1-13(2,12(16)17)15(4)10-7-11-5-8-14(3)9-6-11/h11H,5-10H2,1-4H3,(H,16,17). The first-order valence-electron chi connectivity index (χ1n) is 6.47. The van der Waals surface area contributed by atoms with E-state index in [-0.39, 0.29) is 0 Å². The summed E-state index contributed by atoms with van der Waals surface area (Å²) in [5.41, 5.74) is -0.758. The number of aliphatic carboxylic acids is 1. The number of carboxylic acids is 1. The maximum absolute atomic E-state index is 11.1. The lowest BCUT2D eigenvalue weighted by Crippen LogP contribution is -2.48. The summed E-state index contributed by atoms with van der Waals surface area (Å²) in [6.45, 7) is 6.76. The van der Waals surface area contributed by atoms with Crippen LogP contribution in [0, 0.1) is 5.92 Å². The molecular formula is C13H26N2O2. The summed E-state index contributed by atoms with van der Waals surface area (Å²) in [7, 11) is 4.07. The van der Waals surface area contributed by atoms with E-state index in [1.54, 1.807) is 13.8 Å². The lowest BCUT2D eigenvalue weighted by Gasteiger charge is -2.34. The van der Waals surface area contributed by atoms with E-state index in [2.05, 4.69) is 11.9 Å². The van der Waals surface area contributed by atoms with Crippen LogP contribution in [-0.2, 0) is 4.79 Å². The van der Waals surface area contributed by atoms with Crippen LogP contribution in [0.2, 0.25) is 0 Å². The minimum absolute atomic E-state index is 0.747. The third-order valence-corrected chi connectivity index (χ3v) is 4.19.